The van der Waals surface area contributed by atoms with Crippen molar-refractivity contribution in [2.24, 2.45) is 11.7 Å². The van der Waals surface area contributed by atoms with Crippen molar-refractivity contribution < 1.29 is 14.3 Å². The van der Waals surface area contributed by atoms with E-state index in [0.717, 1.165) is 33.6 Å². The fourth-order valence-electron chi connectivity index (χ4n) is 3.88. The van der Waals surface area contributed by atoms with E-state index in [1.165, 1.54) is 13.3 Å². The summed E-state index contributed by atoms with van der Waals surface area (Å²) in [6.45, 7) is 6.26. The van der Waals surface area contributed by atoms with Crippen LogP contribution in [0.25, 0.3) is 11.1 Å². The summed E-state index contributed by atoms with van der Waals surface area (Å²) in [4.78, 5) is 13.4. The minimum atomic E-state index is -0.217. The Kier molecular flexibility index (Phi) is 6.40. The van der Waals surface area contributed by atoms with Gasteiger partial charge < -0.3 is 20.6 Å². The van der Waals surface area contributed by atoms with Crippen LogP contribution in [0.3, 0.4) is 0 Å². The van der Waals surface area contributed by atoms with Crippen molar-refractivity contribution in [1.29, 1.82) is 5.41 Å². The lowest BCUT2D eigenvalue weighted by Gasteiger charge is -2.26. The number of rotatable bonds is 6. The number of benzene rings is 2. The zero-order chi connectivity index (χ0) is 21.8. The zero-order valence-electron chi connectivity index (χ0n) is 17.9. The van der Waals surface area contributed by atoms with E-state index >= 15 is 0 Å². The number of allylic oxidation sites excluding steroid dienone is 3. The Labute approximate surface area is 177 Å². The minimum absolute atomic E-state index is 0.0831. The average molecular weight is 405 g/mol. The van der Waals surface area contributed by atoms with E-state index in [1.807, 2.05) is 57.2 Å². The molecule has 0 saturated heterocycles. The van der Waals surface area contributed by atoms with Crippen LogP contribution in [0.4, 0.5) is 0 Å². The SMILES string of the molecule is C/C=C(/C(=O)C1COc2ccc(C)cc2C1)c1ccc(/C(C=N)=C(/N)OC)cc1C. The van der Waals surface area contributed by atoms with E-state index < -0.39 is 0 Å². The van der Waals surface area contributed by atoms with Crippen LogP contribution in [-0.4, -0.2) is 25.7 Å². The van der Waals surface area contributed by atoms with Gasteiger partial charge in [0.15, 0.2) is 11.7 Å². The summed E-state index contributed by atoms with van der Waals surface area (Å²) in [5, 5.41) is 7.63. The van der Waals surface area contributed by atoms with Gasteiger partial charge >= 0.3 is 0 Å². The number of Topliss-reactive ketones (excluding diaryl/α,β-unsaturated/α-hetero) is 1. The van der Waals surface area contributed by atoms with Crippen LogP contribution in [0.2, 0.25) is 0 Å². The Morgan fingerprint density at radius 2 is 2.00 bits per heavy atom. The Morgan fingerprint density at radius 3 is 2.63 bits per heavy atom. The maximum Gasteiger partial charge on any atom is 0.193 e. The van der Waals surface area contributed by atoms with Crippen molar-refractivity contribution in [2.75, 3.05) is 13.7 Å². The molecule has 1 unspecified atom stereocenters. The molecule has 0 fully saturated rings. The first-order chi connectivity index (χ1) is 14.4. The second-order valence-electron chi connectivity index (χ2n) is 7.55. The zero-order valence-corrected chi connectivity index (χ0v) is 17.9. The first-order valence-electron chi connectivity index (χ1n) is 9.98. The normalized spacial score (nSPS) is 16.8. The van der Waals surface area contributed by atoms with Gasteiger partial charge in [-0.1, -0.05) is 42.0 Å². The molecule has 0 radical (unpaired) electrons. The minimum Gasteiger partial charge on any atom is -0.493 e. The summed E-state index contributed by atoms with van der Waals surface area (Å²) in [5.41, 5.74) is 11.9. The number of nitrogens with one attached hydrogen (secondary N) is 1. The summed E-state index contributed by atoms with van der Waals surface area (Å²) in [5.74, 6) is 0.923. The molecule has 5 heteroatoms. The van der Waals surface area contributed by atoms with Crippen LogP contribution in [0, 0.1) is 25.2 Å². The van der Waals surface area contributed by atoms with Crippen LogP contribution in [-0.2, 0) is 16.0 Å². The maximum atomic E-state index is 13.4. The highest BCUT2D eigenvalue weighted by atomic mass is 16.5. The molecule has 1 atom stereocenters. The Morgan fingerprint density at radius 1 is 1.23 bits per heavy atom. The van der Waals surface area contributed by atoms with E-state index in [4.69, 9.17) is 20.6 Å². The van der Waals surface area contributed by atoms with E-state index in [2.05, 4.69) is 6.07 Å². The van der Waals surface area contributed by atoms with Crippen molar-refractivity contribution in [3.63, 3.8) is 0 Å². The molecule has 156 valence electrons. The summed E-state index contributed by atoms with van der Waals surface area (Å²) in [6.07, 6.45) is 3.72. The number of nitrogens with two attached hydrogens (primary N) is 1. The molecule has 0 amide bonds. The second kappa shape index (κ2) is 8.99. The number of ketones is 1. The van der Waals surface area contributed by atoms with Crippen LogP contribution >= 0.6 is 0 Å². The largest absolute Gasteiger partial charge is 0.493 e. The molecule has 1 aliphatic rings. The monoisotopic (exact) mass is 404 g/mol. The standard InChI is InChI=1S/C25H28N2O3/c1-5-20(21-8-7-17(11-16(21)3)22(13-26)25(27)29-4)24(28)19-12-18-10-15(2)6-9-23(18)30-14-19/h5-11,13,19,26H,12,14,27H2,1-4H3/b20-5+,25-22-,26-13?. The van der Waals surface area contributed by atoms with Crippen molar-refractivity contribution in [2.45, 2.75) is 27.2 Å². The predicted octanol–water partition coefficient (Wildman–Crippen LogP) is 4.45. The van der Waals surface area contributed by atoms with Crippen molar-refractivity contribution in [3.05, 3.63) is 76.2 Å². The molecule has 2 aromatic carbocycles. The van der Waals surface area contributed by atoms with Gasteiger partial charge in [0.1, 0.15) is 5.75 Å². The number of hydrogen-bond donors (Lipinski definition) is 2. The first-order valence-corrected chi connectivity index (χ1v) is 9.98. The smallest absolute Gasteiger partial charge is 0.193 e. The molecular formula is C25H28N2O3. The number of aryl methyl sites for hydroxylation is 2. The topological polar surface area (TPSA) is 85.4 Å². The van der Waals surface area contributed by atoms with Crippen molar-refractivity contribution in [1.82, 2.24) is 0 Å². The van der Waals surface area contributed by atoms with Crippen LogP contribution in [0.15, 0.2) is 48.4 Å². The Hall–Kier alpha value is -3.34. The number of carbonyl (C=O) groups is 1. The third-order valence-corrected chi connectivity index (χ3v) is 5.50. The van der Waals surface area contributed by atoms with Crippen LogP contribution in [0.5, 0.6) is 5.75 Å². The molecule has 3 N–H and O–H groups in total. The van der Waals surface area contributed by atoms with Crippen LogP contribution < -0.4 is 10.5 Å². The summed E-state index contributed by atoms with van der Waals surface area (Å²) >= 11 is 0. The summed E-state index contributed by atoms with van der Waals surface area (Å²) in [7, 11) is 1.47. The third kappa shape index (κ3) is 4.15. The van der Waals surface area contributed by atoms with Gasteiger partial charge in [-0.2, -0.15) is 0 Å². The van der Waals surface area contributed by atoms with Gasteiger partial charge in [0.05, 0.1) is 25.2 Å². The summed E-state index contributed by atoms with van der Waals surface area (Å²) in [6, 6.07) is 11.8. The highest BCUT2D eigenvalue weighted by molar-refractivity contribution is 6.22. The van der Waals surface area contributed by atoms with Gasteiger partial charge in [0.25, 0.3) is 0 Å². The number of carbonyl (C=O) groups excluding carboxylic acids is 1. The second-order valence-corrected chi connectivity index (χ2v) is 7.55. The van der Waals surface area contributed by atoms with Gasteiger partial charge in [-0.3, -0.25) is 4.79 Å². The molecule has 0 aromatic heterocycles. The molecule has 1 aliphatic heterocycles. The van der Waals surface area contributed by atoms with Crippen LogP contribution in [0.1, 0.15) is 34.7 Å². The molecule has 1 heterocycles. The van der Waals surface area contributed by atoms with Gasteiger partial charge in [-0.15, -0.1) is 0 Å². The van der Waals surface area contributed by atoms with E-state index in [1.54, 1.807) is 0 Å². The number of hydrogen-bond acceptors (Lipinski definition) is 5. The van der Waals surface area contributed by atoms with E-state index in [9.17, 15) is 4.79 Å². The van der Waals surface area contributed by atoms with Gasteiger partial charge in [0.2, 0.25) is 0 Å². The molecule has 0 aliphatic carbocycles. The van der Waals surface area contributed by atoms with Gasteiger partial charge in [0, 0.05) is 11.8 Å². The maximum absolute atomic E-state index is 13.4. The average Bonchev–Trinajstić information content (AvgIpc) is 2.75. The molecule has 2 aromatic rings. The first kappa shape index (κ1) is 21.4. The molecule has 0 bridgehead atoms. The van der Waals surface area contributed by atoms with Crippen molar-refractivity contribution >= 4 is 23.1 Å². The highest BCUT2D eigenvalue weighted by Crippen LogP contribution is 2.32. The molecular weight excluding hydrogens is 376 g/mol. The lowest BCUT2D eigenvalue weighted by Crippen LogP contribution is -2.29. The van der Waals surface area contributed by atoms with E-state index in [0.29, 0.717) is 24.2 Å². The molecule has 30 heavy (non-hydrogen) atoms. The fourth-order valence-corrected chi connectivity index (χ4v) is 3.88. The number of fused-ring (bicyclic) bond motifs is 1. The number of ether oxygens (including phenoxy) is 2. The lowest BCUT2D eigenvalue weighted by atomic mass is 9.85. The van der Waals surface area contributed by atoms with Gasteiger partial charge in [-0.25, -0.2) is 0 Å². The Balaban J connectivity index is 1.89. The fraction of sp³-hybridized carbons (Fsp3) is 0.280. The van der Waals surface area contributed by atoms with Gasteiger partial charge in [-0.05, 0) is 55.5 Å². The third-order valence-electron chi connectivity index (χ3n) is 5.50. The quantitative estimate of drug-likeness (QED) is 0.423. The lowest BCUT2D eigenvalue weighted by molar-refractivity contribution is -0.118. The number of methoxy groups -OCH3 is 1. The molecule has 3 rings (SSSR count). The highest BCUT2D eigenvalue weighted by Gasteiger charge is 2.29. The van der Waals surface area contributed by atoms with Crippen molar-refractivity contribution in [3.8, 4) is 5.75 Å². The molecule has 0 saturated carbocycles. The molecule has 5 nitrogen and oxygen atoms in total. The Bertz CT molecular complexity index is 1050. The molecule has 0 spiro atoms. The van der Waals surface area contributed by atoms with E-state index in [-0.39, 0.29) is 17.6 Å². The predicted molar refractivity (Wildman–Crippen MR) is 121 cm³/mol. The summed E-state index contributed by atoms with van der Waals surface area (Å²) < 4.78 is 10.9.